The molecule has 0 radical (unpaired) electrons. The van der Waals surface area contributed by atoms with Gasteiger partial charge in [0.25, 0.3) is 5.91 Å². The quantitative estimate of drug-likeness (QED) is 0.512. The zero-order chi connectivity index (χ0) is 16.3. The van der Waals surface area contributed by atoms with Gasteiger partial charge in [0.1, 0.15) is 12.4 Å². The van der Waals surface area contributed by atoms with Gasteiger partial charge in [-0.3, -0.25) is 14.7 Å². The molecule has 4 nitrogen and oxygen atoms in total. The van der Waals surface area contributed by atoms with E-state index in [9.17, 15) is 4.79 Å². The molecule has 0 spiro atoms. The van der Waals surface area contributed by atoms with Crippen LogP contribution in [0.5, 0.6) is 5.75 Å². The molecule has 7 heteroatoms. The highest BCUT2D eigenvalue weighted by Gasteiger charge is 2.29. The van der Waals surface area contributed by atoms with Crippen molar-refractivity contribution in [3.05, 3.63) is 44.2 Å². The zero-order valence-electron chi connectivity index (χ0n) is 12.1. The number of hydrogen-bond donors (Lipinski definition) is 0. The molecule has 0 aliphatic carbocycles. The third kappa shape index (κ3) is 3.64. The summed E-state index contributed by atoms with van der Waals surface area (Å²) in [5.41, 5.74) is 0.895. The van der Waals surface area contributed by atoms with Crippen LogP contribution < -0.4 is 4.74 Å². The van der Waals surface area contributed by atoms with E-state index in [1.165, 1.54) is 11.8 Å². The Morgan fingerprint density at radius 2 is 2.05 bits per heavy atom. The molecule has 1 aliphatic heterocycles. The molecular formula is C15H14Br2N2O2S. The Morgan fingerprint density at radius 3 is 2.55 bits per heavy atom. The van der Waals surface area contributed by atoms with Crippen molar-refractivity contribution in [3.63, 3.8) is 0 Å². The smallest absolute Gasteiger partial charge is 0.266 e. The molecular weight excluding hydrogens is 432 g/mol. The normalized spacial score (nSPS) is 18.4. The number of benzene rings is 1. The minimum absolute atomic E-state index is 0.0511. The van der Waals surface area contributed by atoms with Crippen molar-refractivity contribution in [2.45, 2.75) is 0 Å². The number of amidine groups is 1. The van der Waals surface area contributed by atoms with Gasteiger partial charge < -0.3 is 4.74 Å². The Hall–Kier alpha value is -1.05. The van der Waals surface area contributed by atoms with Crippen molar-refractivity contribution >= 4 is 60.8 Å². The van der Waals surface area contributed by atoms with Gasteiger partial charge in [-0.05, 0) is 67.4 Å². The summed E-state index contributed by atoms with van der Waals surface area (Å²) in [4.78, 5) is 18.4. The molecule has 1 heterocycles. The number of rotatable bonds is 4. The summed E-state index contributed by atoms with van der Waals surface area (Å²) in [5.74, 6) is 0.658. The van der Waals surface area contributed by atoms with E-state index >= 15 is 0 Å². The van der Waals surface area contributed by atoms with E-state index in [-0.39, 0.29) is 5.91 Å². The molecule has 0 N–H and O–H groups in total. The number of thioether (sulfide) groups is 1. The first-order valence-corrected chi connectivity index (χ1v) is 8.75. The highest BCUT2D eigenvalue weighted by atomic mass is 79.9. The van der Waals surface area contributed by atoms with Crippen LogP contribution in [0.15, 0.2) is 43.6 Å². The van der Waals surface area contributed by atoms with Crippen LogP contribution in [0.1, 0.15) is 5.56 Å². The van der Waals surface area contributed by atoms with Gasteiger partial charge in [-0.2, -0.15) is 0 Å². The molecule has 1 aliphatic rings. The maximum absolute atomic E-state index is 12.2. The standard InChI is InChI=1S/C15H14Br2N2O2S/c1-4-5-21-13-10(16)6-9(7-11(13)17)8-12-14(20)19(3)15(18-2)22-12/h4,6-8H,1,5H2,2-3H3/b12-8+,18-15?. The van der Waals surface area contributed by atoms with Crippen molar-refractivity contribution in [1.82, 2.24) is 4.90 Å². The third-order valence-corrected chi connectivity index (χ3v) is 5.19. The highest BCUT2D eigenvalue weighted by Crippen LogP contribution is 2.37. The summed E-state index contributed by atoms with van der Waals surface area (Å²) in [6.07, 6.45) is 3.53. The van der Waals surface area contributed by atoms with Gasteiger partial charge in [-0.1, -0.05) is 12.7 Å². The van der Waals surface area contributed by atoms with E-state index in [0.717, 1.165) is 14.5 Å². The Morgan fingerprint density at radius 1 is 1.41 bits per heavy atom. The van der Waals surface area contributed by atoms with Crippen LogP contribution in [-0.4, -0.2) is 36.7 Å². The summed E-state index contributed by atoms with van der Waals surface area (Å²) in [6.45, 7) is 4.05. The molecule has 1 aromatic carbocycles. The molecule has 0 unspecified atom stereocenters. The van der Waals surface area contributed by atoms with E-state index in [4.69, 9.17) is 4.74 Å². The Balaban J connectivity index is 2.33. The summed E-state index contributed by atoms with van der Waals surface area (Å²) in [7, 11) is 3.39. The van der Waals surface area contributed by atoms with Gasteiger partial charge in [0.2, 0.25) is 0 Å². The lowest BCUT2D eigenvalue weighted by Crippen LogP contribution is -2.23. The maximum Gasteiger partial charge on any atom is 0.266 e. The van der Waals surface area contributed by atoms with Crippen molar-refractivity contribution in [3.8, 4) is 5.75 Å². The van der Waals surface area contributed by atoms with Gasteiger partial charge in [0.05, 0.1) is 13.9 Å². The van der Waals surface area contributed by atoms with E-state index in [2.05, 4.69) is 43.4 Å². The molecule has 1 aromatic rings. The SMILES string of the molecule is C=CCOc1c(Br)cc(/C=C2/SC(=NC)N(C)C2=O)cc1Br. The average molecular weight is 446 g/mol. The molecule has 1 fully saturated rings. The highest BCUT2D eigenvalue weighted by molar-refractivity contribution is 9.11. The topological polar surface area (TPSA) is 41.9 Å². The number of hydrogen-bond acceptors (Lipinski definition) is 4. The van der Waals surface area contributed by atoms with Gasteiger partial charge in [0.15, 0.2) is 5.17 Å². The summed E-state index contributed by atoms with van der Waals surface area (Å²) in [5, 5.41) is 0.695. The first-order chi connectivity index (χ1) is 10.5. The largest absolute Gasteiger partial charge is 0.487 e. The van der Waals surface area contributed by atoms with Crippen LogP contribution in [0.4, 0.5) is 0 Å². The predicted molar refractivity (Wildman–Crippen MR) is 99.2 cm³/mol. The first kappa shape index (κ1) is 17.3. The second-order valence-corrected chi connectivity index (χ2v) is 7.11. The molecule has 116 valence electrons. The van der Waals surface area contributed by atoms with Crippen molar-refractivity contribution in [2.24, 2.45) is 4.99 Å². The minimum Gasteiger partial charge on any atom is -0.487 e. The summed E-state index contributed by atoms with van der Waals surface area (Å²) < 4.78 is 7.20. The predicted octanol–water partition coefficient (Wildman–Crippen LogP) is 4.31. The fourth-order valence-corrected chi connectivity index (χ4v) is 4.22. The number of nitrogens with zero attached hydrogens (tertiary/aromatic N) is 2. The average Bonchev–Trinajstić information content (AvgIpc) is 2.74. The molecule has 22 heavy (non-hydrogen) atoms. The monoisotopic (exact) mass is 444 g/mol. The number of ether oxygens (including phenoxy) is 1. The molecule has 1 amide bonds. The molecule has 0 saturated carbocycles. The number of amides is 1. The van der Waals surface area contributed by atoms with Gasteiger partial charge in [-0.25, -0.2) is 0 Å². The number of aliphatic imine (C=N–C) groups is 1. The van der Waals surface area contributed by atoms with Gasteiger partial charge in [-0.15, -0.1) is 0 Å². The Bertz CT molecular complexity index is 663. The Labute approximate surface area is 150 Å². The van der Waals surface area contributed by atoms with Crippen LogP contribution in [0.3, 0.4) is 0 Å². The maximum atomic E-state index is 12.2. The van der Waals surface area contributed by atoms with Gasteiger partial charge >= 0.3 is 0 Å². The first-order valence-electron chi connectivity index (χ1n) is 6.35. The van der Waals surface area contributed by atoms with Crippen LogP contribution in [0.2, 0.25) is 0 Å². The fraction of sp³-hybridized carbons (Fsp3) is 0.200. The lowest BCUT2D eigenvalue weighted by Gasteiger charge is -2.09. The minimum atomic E-state index is -0.0511. The lowest BCUT2D eigenvalue weighted by atomic mass is 10.2. The van der Waals surface area contributed by atoms with Crippen molar-refractivity contribution in [2.75, 3.05) is 20.7 Å². The molecule has 2 rings (SSSR count). The number of halogens is 2. The molecule has 1 saturated heterocycles. The molecule has 0 bridgehead atoms. The van der Waals surface area contributed by atoms with Crippen molar-refractivity contribution in [1.29, 1.82) is 0 Å². The van der Waals surface area contributed by atoms with Crippen LogP contribution in [0, 0.1) is 0 Å². The number of carbonyl (C=O) groups excluding carboxylic acids is 1. The second kappa shape index (κ2) is 7.48. The van der Waals surface area contributed by atoms with Crippen molar-refractivity contribution < 1.29 is 9.53 Å². The second-order valence-electron chi connectivity index (χ2n) is 4.39. The van der Waals surface area contributed by atoms with Crippen LogP contribution in [-0.2, 0) is 4.79 Å². The van der Waals surface area contributed by atoms with Gasteiger partial charge in [0, 0.05) is 14.1 Å². The van der Waals surface area contributed by atoms with Crippen LogP contribution in [0.25, 0.3) is 6.08 Å². The van der Waals surface area contributed by atoms with E-state index in [0.29, 0.717) is 22.4 Å². The van der Waals surface area contributed by atoms with E-state index < -0.39 is 0 Å². The Kier molecular flexibility index (Phi) is 5.88. The van der Waals surface area contributed by atoms with E-state index in [1.807, 2.05) is 18.2 Å². The zero-order valence-corrected chi connectivity index (χ0v) is 16.1. The van der Waals surface area contributed by atoms with E-state index in [1.54, 1.807) is 25.1 Å². The third-order valence-electron chi connectivity index (χ3n) is 2.86. The summed E-state index contributed by atoms with van der Waals surface area (Å²) in [6, 6.07) is 3.82. The van der Waals surface area contributed by atoms with Crippen LogP contribution >= 0.6 is 43.6 Å². The number of likely N-dealkylation sites (N-methyl/N-ethyl adjacent to an activating group) is 1. The molecule has 0 aromatic heterocycles. The fourth-order valence-electron chi connectivity index (χ4n) is 1.84. The number of carbonyl (C=O) groups is 1. The summed E-state index contributed by atoms with van der Waals surface area (Å²) >= 11 is 8.34. The molecule has 0 atom stereocenters. The lowest BCUT2D eigenvalue weighted by molar-refractivity contribution is -0.121.